The summed E-state index contributed by atoms with van der Waals surface area (Å²) in [4.78, 5) is 35.7. The Bertz CT molecular complexity index is 1120. The van der Waals surface area contributed by atoms with Gasteiger partial charge in [-0.1, -0.05) is 180 Å². The molecule has 1 aliphatic rings. The maximum Gasteiger partial charge on any atom is 0.472 e. The lowest BCUT2D eigenvalue weighted by Gasteiger charge is -2.41. The summed E-state index contributed by atoms with van der Waals surface area (Å²) in [5.74, 6) is -1.11. The molecule has 0 amide bonds. The lowest BCUT2D eigenvalue weighted by atomic mass is 9.85. The van der Waals surface area contributed by atoms with Crippen LogP contribution < -0.4 is 0 Å². The lowest BCUT2D eigenvalue weighted by Crippen LogP contribution is -2.64. The van der Waals surface area contributed by atoms with Gasteiger partial charge in [-0.3, -0.25) is 18.6 Å². The highest BCUT2D eigenvalue weighted by Gasteiger charge is 2.51. The predicted octanol–water partition coefficient (Wildman–Crippen LogP) is 9.84. The zero-order valence-corrected chi connectivity index (χ0v) is 39.1. The van der Waals surface area contributed by atoms with Gasteiger partial charge < -0.3 is 39.9 Å². The number of rotatable bonds is 41. The maximum absolute atomic E-state index is 12.8. The average molecular weight is 893 g/mol. The van der Waals surface area contributed by atoms with Crippen LogP contribution in [0.1, 0.15) is 219 Å². The van der Waals surface area contributed by atoms with E-state index in [4.69, 9.17) is 18.5 Å². The van der Waals surface area contributed by atoms with Crippen molar-refractivity contribution in [3.05, 3.63) is 12.2 Å². The van der Waals surface area contributed by atoms with Crippen molar-refractivity contribution in [1.82, 2.24) is 0 Å². The second kappa shape index (κ2) is 37.9. The number of hydrogen-bond donors (Lipinski definition) is 6. The number of ether oxygens (including phenoxy) is 2. The van der Waals surface area contributed by atoms with Crippen LogP contribution in [0.3, 0.4) is 0 Å². The summed E-state index contributed by atoms with van der Waals surface area (Å²) in [6.45, 7) is 3.31. The van der Waals surface area contributed by atoms with E-state index in [0.29, 0.717) is 12.8 Å². The SMILES string of the molecule is CCCCCCCCCCC/C=C/CCCCC(=O)OC[C@H](COP(=O)(O)OC1C(O)C(O)C(O)[C@H](O)C1O)OC(=O)CCCCCCCCCCCCCCCCCCC. The smallest absolute Gasteiger partial charge is 0.462 e. The molecule has 1 saturated carbocycles. The van der Waals surface area contributed by atoms with Gasteiger partial charge in [0.25, 0.3) is 0 Å². The van der Waals surface area contributed by atoms with Gasteiger partial charge in [0.05, 0.1) is 6.61 Å². The number of phosphoric acid groups is 1. The highest BCUT2D eigenvalue weighted by atomic mass is 31.2. The number of aliphatic hydroxyl groups is 5. The first-order chi connectivity index (χ1) is 29.4. The van der Waals surface area contributed by atoms with Gasteiger partial charge >= 0.3 is 19.8 Å². The highest BCUT2D eigenvalue weighted by Crippen LogP contribution is 2.47. The molecule has 0 bridgehead atoms. The van der Waals surface area contributed by atoms with E-state index in [1.54, 1.807) is 0 Å². The third kappa shape index (κ3) is 30.4. The Morgan fingerprint density at radius 2 is 0.836 bits per heavy atom. The van der Waals surface area contributed by atoms with Gasteiger partial charge in [0.15, 0.2) is 6.10 Å². The largest absolute Gasteiger partial charge is 0.472 e. The third-order valence-corrected chi connectivity index (χ3v) is 12.6. The molecule has 0 heterocycles. The number of carbonyl (C=O) groups is 2. The first-order valence-electron chi connectivity index (χ1n) is 24.5. The van der Waals surface area contributed by atoms with Crippen molar-refractivity contribution in [2.24, 2.45) is 0 Å². The lowest BCUT2D eigenvalue weighted by molar-refractivity contribution is -0.220. The second-order valence-corrected chi connectivity index (χ2v) is 18.7. The Morgan fingerprint density at radius 1 is 0.492 bits per heavy atom. The summed E-state index contributed by atoms with van der Waals surface area (Å²) in [6.07, 6.45) is 26.9. The van der Waals surface area contributed by atoms with Crippen LogP contribution in [0, 0.1) is 0 Å². The quantitative estimate of drug-likeness (QED) is 0.0146. The van der Waals surface area contributed by atoms with Crippen molar-refractivity contribution in [3.8, 4) is 0 Å². The molecule has 0 aliphatic heterocycles. The van der Waals surface area contributed by atoms with Crippen molar-refractivity contribution in [3.63, 3.8) is 0 Å². The number of hydrogen-bond acceptors (Lipinski definition) is 12. The fourth-order valence-electron chi connectivity index (χ4n) is 7.64. The molecule has 360 valence electrons. The number of allylic oxidation sites excluding steroid dienone is 2. The molecular weight excluding hydrogens is 803 g/mol. The van der Waals surface area contributed by atoms with Gasteiger partial charge in [-0.15, -0.1) is 0 Å². The van der Waals surface area contributed by atoms with Crippen molar-refractivity contribution in [1.29, 1.82) is 0 Å². The van der Waals surface area contributed by atoms with Crippen LogP contribution in [0.15, 0.2) is 12.2 Å². The average Bonchev–Trinajstić information content (AvgIpc) is 3.24. The van der Waals surface area contributed by atoms with Gasteiger partial charge in [-0.05, 0) is 38.5 Å². The molecule has 6 unspecified atom stereocenters. The Hall–Kier alpha value is -1.41. The second-order valence-electron chi connectivity index (χ2n) is 17.3. The van der Waals surface area contributed by atoms with Crippen molar-refractivity contribution < 1.29 is 63.1 Å². The van der Waals surface area contributed by atoms with E-state index in [2.05, 4.69) is 26.0 Å². The van der Waals surface area contributed by atoms with E-state index in [1.807, 2.05) is 0 Å². The zero-order valence-electron chi connectivity index (χ0n) is 38.2. The molecule has 0 spiro atoms. The molecule has 0 radical (unpaired) electrons. The minimum Gasteiger partial charge on any atom is -0.462 e. The number of carbonyl (C=O) groups excluding carboxylic acids is 2. The molecule has 13 nitrogen and oxygen atoms in total. The molecule has 6 N–H and O–H groups in total. The Labute approximate surface area is 369 Å². The fourth-order valence-corrected chi connectivity index (χ4v) is 8.61. The minimum absolute atomic E-state index is 0.0988. The van der Waals surface area contributed by atoms with Crippen LogP contribution in [-0.4, -0.2) is 98.3 Å². The minimum atomic E-state index is -5.12. The van der Waals surface area contributed by atoms with E-state index in [1.165, 1.54) is 141 Å². The van der Waals surface area contributed by atoms with Crippen molar-refractivity contribution in [2.75, 3.05) is 13.2 Å². The van der Waals surface area contributed by atoms with E-state index < -0.39 is 75.7 Å². The molecule has 0 saturated heterocycles. The first-order valence-corrected chi connectivity index (χ1v) is 26.0. The summed E-state index contributed by atoms with van der Waals surface area (Å²) in [6, 6.07) is 0. The summed E-state index contributed by atoms with van der Waals surface area (Å²) in [7, 11) is -5.12. The van der Waals surface area contributed by atoms with E-state index in [0.717, 1.165) is 38.5 Å². The van der Waals surface area contributed by atoms with Crippen LogP contribution in [0.5, 0.6) is 0 Å². The number of phosphoric ester groups is 1. The van der Waals surface area contributed by atoms with Gasteiger partial charge in [0.2, 0.25) is 0 Å². The Morgan fingerprint density at radius 3 is 1.28 bits per heavy atom. The topological polar surface area (TPSA) is 210 Å². The summed E-state index contributed by atoms with van der Waals surface area (Å²) in [5, 5.41) is 50.2. The van der Waals surface area contributed by atoms with E-state index in [-0.39, 0.29) is 12.8 Å². The Kier molecular flexibility index (Phi) is 35.8. The molecule has 1 rings (SSSR count). The van der Waals surface area contributed by atoms with Gasteiger partial charge in [0, 0.05) is 12.8 Å². The van der Waals surface area contributed by atoms with Gasteiger partial charge in [-0.2, -0.15) is 0 Å². The van der Waals surface area contributed by atoms with E-state index >= 15 is 0 Å². The number of aliphatic hydroxyl groups excluding tert-OH is 5. The summed E-state index contributed by atoms with van der Waals surface area (Å²) < 4.78 is 33.6. The molecular formula is C47H89O13P. The van der Waals surface area contributed by atoms with Crippen molar-refractivity contribution in [2.45, 2.75) is 262 Å². The number of unbranched alkanes of at least 4 members (excludes halogenated alkanes) is 27. The molecule has 1 fully saturated rings. The van der Waals surface area contributed by atoms with Crippen LogP contribution >= 0.6 is 7.82 Å². The zero-order chi connectivity index (χ0) is 45.0. The third-order valence-electron chi connectivity index (χ3n) is 11.6. The van der Waals surface area contributed by atoms with E-state index in [9.17, 15) is 44.6 Å². The summed E-state index contributed by atoms with van der Waals surface area (Å²) >= 11 is 0. The van der Waals surface area contributed by atoms with Crippen LogP contribution in [0.4, 0.5) is 0 Å². The maximum atomic E-state index is 12.8. The normalized spacial score (nSPS) is 22.0. The molecule has 0 aromatic rings. The molecule has 14 heteroatoms. The van der Waals surface area contributed by atoms with Crippen molar-refractivity contribution >= 4 is 19.8 Å². The molecule has 0 aromatic heterocycles. The number of esters is 2. The molecule has 0 aromatic carbocycles. The van der Waals surface area contributed by atoms with Crippen LogP contribution in [-0.2, 0) is 32.7 Å². The predicted molar refractivity (Wildman–Crippen MR) is 240 cm³/mol. The highest BCUT2D eigenvalue weighted by molar-refractivity contribution is 7.47. The van der Waals surface area contributed by atoms with Crippen LogP contribution in [0.25, 0.3) is 0 Å². The monoisotopic (exact) mass is 893 g/mol. The van der Waals surface area contributed by atoms with Crippen LogP contribution in [0.2, 0.25) is 0 Å². The fraction of sp³-hybridized carbons (Fsp3) is 0.915. The van der Waals surface area contributed by atoms with Gasteiger partial charge in [-0.25, -0.2) is 4.57 Å². The molecule has 61 heavy (non-hydrogen) atoms. The van der Waals surface area contributed by atoms with Gasteiger partial charge in [0.1, 0.15) is 43.2 Å². The Balaban J connectivity index is 2.43. The molecule has 1 aliphatic carbocycles. The molecule has 8 atom stereocenters. The first kappa shape index (κ1) is 57.6. The standard InChI is InChI=1S/C47H89O13P/c1-3-5-7-9-11-13-15-17-19-20-22-24-26-28-30-32-34-36-41(49)59-39(38-58-61(55,56)60-47-45(53)43(51)42(50)44(52)46(47)54)37-57-40(48)35-33-31-29-27-25-23-21-18-16-14-12-10-8-6-4-2/h25,27,39,42-47,50-54H,3-24,26,28-38H2,1-2H3,(H,55,56)/b27-25+/t39-,42?,43+,44?,45?,46?,47?/m1/s1. The summed E-state index contributed by atoms with van der Waals surface area (Å²) in [5.41, 5.74) is 0.